The quantitative estimate of drug-likeness (QED) is 0.666. The summed E-state index contributed by atoms with van der Waals surface area (Å²) in [6, 6.07) is 7.16. The van der Waals surface area contributed by atoms with Crippen LogP contribution in [0.1, 0.15) is 42.1 Å². The highest BCUT2D eigenvalue weighted by molar-refractivity contribution is 7.89. The molecule has 2 aromatic carbocycles. The lowest BCUT2D eigenvalue weighted by atomic mass is 9.96. The van der Waals surface area contributed by atoms with Gasteiger partial charge < -0.3 is 14.8 Å². The van der Waals surface area contributed by atoms with Gasteiger partial charge in [-0.2, -0.15) is 4.72 Å². The summed E-state index contributed by atoms with van der Waals surface area (Å²) in [4.78, 5) is 12.6. The SMILES string of the molecule is COc1ccc(S(=O)(=O)NC(C)C(=O)NC(C)c2cc(C)c(C)cc2C)cc1OC. The summed E-state index contributed by atoms with van der Waals surface area (Å²) >= 11 is 0. The van der Waals surface area contributed by atoms with Crippen LogP contribution in [0, 0.1) is 20.8 Å². The highest BCUT2D eigenvalue weighted by Crippen LogP contribution is 2.29. The van der Waals surface area contributed by atoms with E-state index in [4.69, 9.17) is 9.47 Å². The molecular formula is C22H30N2O5S. The van der Waals surface area contributed by atoms with Crippen LogP contribution in [0.4, 0.5) is 0 Å². The van der Waals surface area contributed by atoms with E-state index < -0.39 is 22.0 Å². The Balaban J connectivity index is 2.14. The van der Waals surface area contributed by atoms with E-state index in [1.54, 1.807) is 0 Å². The lowest BCUT2D eigenvalue weighted by Gasteiger charge is -2.21. The number of hydrogen-bond acceptors (Lipinski definition) is 5. The number of nitrogens with one attached hydrogen (secondary N) is 2. The fourth-order valence-corrected chi connectivity index (χ4v) is 4.42. The molecule has 8 heteroatoms. The van der Waals surface area contributed by atoms with Crippen LogP contribution in [-0.4, -0.2) is 34.6 Å². The van der Waals surface area contributed by atoms with Crippen LogP contribution >= 0.6 is 0 Å². The molecule has 2 atom stereocenters. The molecule has 2 aromatic rings. The number of benzene rings is 2. The summed E-state index contributed by atoms with van der Waals surface area (Å²) < 4.78 is 38.1. The molecule has 0 radical (unpaired) electrons. The van der Waals surface area contributed by atoms with Crippen molar-refractivity contribution in [3.8, 4) is 11.5 Å². The average Bonchev–Trinajstić information content (AvgIpc) is 2.69. The van der Waals surface area contributed by atoms with Crippen molar-refractivity contribution in [2.24, 2.45) is 0 Å². The number of aryl methyl sites for hydroxylation is 3. The monoisotopic (exact) mass is 434 g/mol. The second-order valence-corrected chi connectivity index (χ2v) is 9.10. The van der Waals surface area contributed by atoms with Crippen LogP contribution in [0.25, 0.3) is 0 Å². The Kier molecular flexibility index (Phi) is 7.49. The minimum absolute atomic E-state index is 0.0159. The van der Waals surface area contributed by atoms with Crippen molar-refractivity contribution in [1.29, 1.82) is 0 Å². The maximum absolute atomic E-state index is 12.7. The first-order valence-electron chi connectivity index (χ1n) is 9.62. The Hall–Kier alpha value is -2.58. The molecule has 164 valence electrons. The van der Waals surface area contributed by atoms with Gasteiger partial charge in [0.15, 0.2) is 11.5 Å². The third kappa shape index (κ3) is 5.31. The number of hydrogen-bond donors (Lipinski definition) is 2. The predicted octanol–water partition coefficient (Wildman–Crippen LogP) is 3.17. The van der Waals surface area contributed by atoms with Crippen LogP contribution in [0.15, 0.2) is 35.2 Å². The molecule has 0 saturated heterocycles. The number of carbonyl (C=O) groups excluding carboxylic acids is 1. The Morgan fingerprint density at radius 3 is 2.10 bits per heavy atom. The van der Waals surface area contributed by atoms with E-state index in [0.29, 0.717) is 5.75 Å². The fourth-order valence-electron chi connectivity index (χ4n) is 3.20. The molecule has 0 heterocycles. The van der Waals surface area contributed by atoms with Crippen molar-refractivity contribution in [1.82, 2.24) is 10.0 Å². The second kappa shape index (κ2) is 9.49. The topological polar surface area (TPSA) is 93.7 Å². The van der Waals surface area contributed by atoms with E-state index in [1.807, 2.05) is 33.8 Å². The van der Waals surface area contributed by atoms with Crippen LogP contribution in [0.2, 0.25) is 0 Å². The van der Waals surface area contributed by atoms with Crippen LogP contribution in [0.3, 0.4) is 0 Å². The molecule has 0 aliphatic rings. The van der Waals surface area contributed by atoms with Gasteiger partial charge in [0.25, 0.3) is 0 Å². The molecule has 1 amide bonds. The van der Waals surface area contributed by atoms with Gasteiger partial charge in [-0.25, -0.2) is 8.42 Å². The third-order valence-electron chi connectivity index (χ3n) is 5.10. The van der Waals surface area contributed by atoms with Crippen molar-refractivity contribution in [2.75, 3.05) is 14.2 Å². The molecule has 0 fully saturated rings. The molecule has 0 aliphatic carbocycles. The summed E-state index contributed by atoms with van der Waals surface area (Å²) in [6.07, 6.45) is 0. The van der Waals surface area contributed by atoms with Gasteiger partial charge in [0.05, 0.1) is 31.2 Å². The normalized spacial score (nSPS) is 13.4. The number of amides is 1. The Bertz CT molecular complexity index is 1030. The van der Waals surface area contributed by atoms with Crippen molar-refractivity contribution in [2.45, 2.75) is 51.6 Å². The van der Waals surface area contributed by atoms with Crippen molar-refractivity contribution in [3.05, 3.63) is 52.6 Å². The molecule has 0 spiro atoms. The van der Waals surface area contributed by atoms with Crippen molar-refractivity contribution in [3.63, 3.8) is 0 Å². The summed E-state index contributed by atoms with van der Waals surface area (Å²) in [5.74, 6) is 0.292. The van der Waals surface area contributed by atoms with Gasteiger partial charge in [0.1, 0.15) is 0 Å². The van der Waals surface area contributed by atoms with Crippen LogP contribution < -0.4 is 19.5 Å². The van der Waals surface area contributed by atoms with E-state index >= 15 is 0 Å². The predicted molar refractivity (Wildman–Crippen MR) is 117 cm³/mol. The highest BCUT2D eigenvalue weighted by atomic mass is 32.2. The standard InChI is InChI=1S/C22H30N2O5S/c1-13-10-15(3)19(11-14(13)2)16(4)23-22(25)17(5)24-30(26,27)18-8-9-20(28-6)21(12-18)29-7/h8-12,16-17,24H,1-7H3,(H,23,25). The van der Waals surface area contributed by atoms with E-state index in [-0.39, 0.29) is 16.7 Å². The third-order valence-corrected chi connectivity index (χ3v) is 6.64. The van der Waals surface area contributed by atoms with Gasteiger partial charge >= 0.3 is 0 Å². The maximum atomic E-state index is 12.7. The molecule has 0 aliphatic heterocycles. The van der Waals surface area contributed by atoms with Crippen molar-refractivity contribution >= 4 is 15.9 Å². The number of rotatable bonds is 8. The molecule has 2 rings (SSSR count). The minimum Gasteiger partial charge on any atom is -0.493 e. The Morgan fingerprint density at radius 2 is 1.50 bits per heavy atom. The average molecular weight is 435 g/mol. The molecule has 2 N–H and O–H groups in total. The van der Waals surface area contributed by atoms with E-state index in [0.717, 1.165) is 16.7 Å². The van der Waals surface area contributed by atoms with Crippen LogP contribution in [-0.2, 0) is 14.8 Å². The molecule has 7 nitrogen and oxygen atoms in total. The van der Waals surface area contributed by atoms with Gasteiger partial charge in [-0.1, -0.05) is 12.1 Å². The summed E-state index contributed by atoms with van der Waals surface area (Å²) in [7, 11) is -1.04. The number of carbonyl (C=O) groups is 1. The van der Waals surface area contributed by atoms with Gasteiger partial charge in [-0.05, 0) is 69.0 Å². The first kappa shape index (κ1) is 23.7. The zero-order chi connectivity index (χ0) is 22.6. The smallest absolute Gasteiger partial charge is 0.241 e. The van der Waals surface area contributed by atoms with Gasteiger partial charge in [0.2, 0.25) is 15.9 Å². The first-order valence-corrected chi connectivity index (χ1v) is 11.1. The van der Waals surface area contributed by atoms with Crippen molar-refractivity contribution < 1.29 is 22.7 Å². The second-order valence-electron chi connectivity index (χ2n) is 7.38. The Morgan fingerprint density at radius 1 is 0.900 bits per heavy atom. The summed E-state index contributed by atoms with van der Waals surface area (Å²) in [6.45, 7) is 9.44. The molecule has 0 bridgehead atoms. The summed E-state index contributed by atoms with van der Waals surface area (Å²) in [5.41, 5.74) is 4.40. The number of ether oxygens (including phenoxy) is 2. The van der Waals surface area contributed by atoms with Gasteiger partial charge in [0, 0.05) is 6.07 Å². The number of sulfonamides is 1. The van der Waals surface area contributed by atoms with E-state index in [2.05, 4.69) is 16.1 Å². The Labute approximate surface area is 178 Å². The highest BCUT2D eigenvalue weighted by Gasteiger charge is 2.24. The molecule has 30 heavy (non-hydrogen) atoms. The zero-order valence-corrected chi connectivity index (χ0v) is 19.3. The lowest BCUT2D eigenvalue weighted by molar-refractivity contribution is -0.123. The van der Waals surface area contributed by atoms with E-state index in [1.165, 1.54) is 44.9 Å². The maximum Gasteiger partial charge on any atom is 0.241 e. The minimum atomic E-state index is -3.93. The van der Waals surface area contributed by atoms with Gasteiger partial charge in [-0.3, -0.25) is 4.79 Å². The van der Waals surface area contributed by atoms with E-state index in [9.17, 15) is 13.2 Å². The first-order chi connectivity index (χ1) is 14.0. The molecule has 0 aromatic heterocycles. The summed E-state index contributed by atoms with van der Waals surface area (Å²) in [5, 5.41) is 2.89. The molecular weight excluding hydrogens is 404 g/mol. The largest absolute Gasteiger partial charge is 0.493 e. The zero-order valence-electron chi connectivity index (χ0n) is 18.5. The molecule has 2 unspecified atom stereocenters. The number of methoxy groups -OCH3 is 2. The molecule has 0 saturated carbocycles. The van der Waals surface area contributed by atoms with Crippen LogP contribution in [0.5, 0.6) is 11.5 Å². The van der Waals surface area contributed by atoms with Gasteiger partial charge in [-0.15, -0.1) is 0 Å². The lowest BCUT2D eigenvalue weighted by Crippen LogP contribution is -2.45. The fraction of sp³-hybridized carbons (Fsp3) is 0.409.